The van der Waals surface area contributed by atoms with Crippen molar-refractivity contribution >= 4 is 17.3 Å². The maximum atomic E-state index is 14.4. The zero-order chi connectivity index (χ0) is 23.7. The molecule has 0 saturated carbocycles. The largest absolute Gasteiger partial charge is 0.492 e. The number of benzene rings is 1. The molecule has 2 bridgehead atoms. The van der Waals surface area contributed by atoms with E-state index in [1.807, 2.05) is 6.07 Å². The van der Waals surface area contributed by atoms with Gasteiger partial charge in [-0.3, -0.25) is 9.78 Å². The van der Waals surface area contributed by atoms with Crippen molar-refractivity contribution in [2.24, 2.45) is 0 Å². The first-order valence-electron chi connectivity index (χ1n) is 11.4. The Hall–Kier alpha value is -3.81. The van der Waals surface area contributed by atoms with Crippen LogP contribution in [0.4, 0.5) is 15.8 Å². The number of para-hydroxylation sites is 1. The summed E-state index contributed by atoms with van der Waals surface area (Å²) in [4.78, 5) is 20.9. The average molecular weight is 463 g/mol. The fourth-order valence-electron chi connectivity index (χ4n) is 4.67. The van der Waals surface area contributed by atoms with Gasteiger partial charge in [0.2, 0.25) is 0 Å². The maximum Gasteiger partial charge on any atom is 0.255 e. The predicted molar refractivity (Wildman–Crippen MR) is 128 cm³/mol. The summed E-state index contributed by atoms with van der Waals surface area (Å²) in [6.45, 7) is 3.20. The molecule has 2 aliphatic rings. The molecule has 3 aromatic rings. The summed E-state index contributed by atoms with van der Waals surface area (Å²) in [6.07, 6.45) is 8.18. The number of hydrogen-bond donors (Lipinski definition) is 3. The van der Waals surface area contributed by atoms with Crippen LogP contribution in [0.2, 0.25) is 0 Å². The molecule has 2 aliphatic heterocycles. The Morgan fingerprint density at radius 2 is 2.18 bits per heavy atom. The Balaban J connectivity index is 1.72. The van der Waals surface area contributed by atoms with E-state index in [1.165, 1.54) is 18.7 Å². The van der Waals surface area contributed by atoms with E-state index in [0.29, 0.717) is 41.5 Å². The molecule has 7 nitrogen and oxygen atoms in total. The molecule has 2 aromatic heterocycles. The highest BCUT2D eigenvalue weighted by atomic mass is 19.1. The molecule has 4 heterocycles. The van der Waals surface area contributed by atoms with Gasteiger partial charge >= 0.3 is 0 Å². The topological polar surface area (TPSA) is 88.3 Å². The van der Waals surface area contributed by atoms with Crippen molar-refractivity contribution in [2.75, 3.05) is 25.6 Å². The second kappa shape index (κ2) is 9.21. The third-order valence-corrected chi connectivity index (χ3v) is 6.41. The first kappa shape index (κ1) is 22.0. The number of H-pyrrole nitrogens is 1. The molecule has 5 rings (SSSR count). The monoisotopic (exact) mass is 462 g/mol. The number of aromatic amines is 1. The Bertz CT molecular complexity index is 1270. The number of aromatic nitrogens is 2. The van der Waals surface area contributed by atoms with E-state index >= 15 is 0 Å². The second-order valence-corrected chi connectivity index (χ2v) is 8.61. The van der Waals surface area contributed by atoms with Crippen LogP contribution in [0.1, 0.15) is 48.2 Å². The third-order valence-electron chi connectivity index (χ3n) is 6.41. The van der Waals surface area contributed by atoms with Crippen LogP contribution < -0.4 is 20.1 Å². The normalized spacial score (nSPS) is 19.2. The predicted octanol–water partition coefficient (Wildman–Crippen LogP) is 5.30. The van der Waals surface area contributed by atoms with Crippen LogP contribution >= 0.6 is 0 Å². The number of rotatable bonds is 3. The molecule has 176 valence electrons. The van der Waals surface area contributed by atoms with Crippen LogP contribution in [0.3, 0.4) is 0 Å². The summed E-state index contributed by atoms with van der Waals surface area (Å²) in [5.41, 5.74) is 5.14. The highest BCUT2D eigenvalue weighted by Gasteiger charge is 2.33. The molecule has 8 heteroatoms. The Morgan fingerprint density at radius 3 is 3.03 bits per heavy atom. The first-order chi connectivity index (χ1) is 16.6. The number of nitrogens with zero attached hydrogens (tertiary/aromatic N) is 1. The van der Waals surface area contributed by atoms with E-state index < -0.39 is 5.82 Å². The molecule has 0 fully saturated rings. The van der Waals surface area contributed by atoms with Crippen LogP contribution in [0, 0.1) is 5.82 Å². The number of ether oxygens (including phenoxy) is 2. The van der Waals surface area contributed by atoms with Crippen molar-refractivity contribution in [1.29, 1.82) is 0 Å². The van der Waals surface area contributed by atoms with Crippen LogP contribution in [0.15, 0.2) is 48.3 Å². The lowest BCUT2D eigenvalue weighted by molar-refractivity contribution is 0.0940. The number of allylic oxidation sites excluding steroid dienone is 1. The van der Waals surface area contributed by atoms with Gasteiger partial charge < -0.3 is 25.1 Å². The fourth-order valence-corrected chi connectivity index (χ4v) is 4.67. The average Bonchev–Trinajstić information content (AvgIpc) is 3.21. The summed E-state index contributed by atoms with van der Waals surface area (Å²) >= 11 is 0. The van der Waals surface area contributed by atoms with Gasteiger partial charge in [0.25, 0.3) is 5.91 Å². The van der Waals surface area contributed by atoms with E-state index in [-0.39, 0.29) is 17.6 Å². The molecule has 34 heavy (non-hydrogen) atoms. The van der Waals surface area contributed by atoms with E-state index in [0.717, 1.165) is 30.5 Å². The third kappa shape index (κ3) is 4.00. The van der Waals surface area contributed by atoms with Gasteiger partial charge in [-0.25, -0.2) is 4.39 Å². The van der Waals surface area contributed by atoms with Gasteiger partial charge in [0.15, 0.2) is 11.6 Å². The van der Waals surface area contributed by atoms with Crippen molar-refractivity contribution in [3.63, 3.8) is 0 Å². The number of amides is 1. The summed E-state index contributed by atoms with van der Waals surface area (Å²) in [6, 6.07) is 6.52. The summed E-state index contributed by atoms with van der Waals surface area (Å²) < 4.78 is 25.8. The van der Waals surface area contributed by atoms with Crippen molar-refractivity contribution in [3.8, 4) is 22.8 Å². The molecule has 1 atom stereocenters. The van der Waals surface area contributed by atoms with Gasteiger partial charge in [0.1, 0.15) is 5.75 Å². The van der Waals surface area contributed by atoms with Crippen molar-refractivity contribution < 1.29 is 18.7 Å². The summed E-state index contributed by atoms with van der Waals surface area (Å²) in [5, 5.41) is 6.33. The SMILES string of the molecule is COc1c(F)cccc1Nc1c2[nH]c3c1C(=O)NCC3CC/C(C)=C/CCOc1cnccc1-2. The van der Waals surface area contributed by atoms with E-state index in [9.17, 15) is 9.18 Å². The Labute approximate surface area is 197 Å². The number of pyridine rings is 1. The van der Waals surface area contributed by atoms with Gasteiger partial charge in [0, 0.05) is 29.9 Å². The standard InChI is InChI=1S/C26H27FN4O3/c1-15-5-4-12-34-20-14-28-11-10-17(20)23-24(30-19-7-3-6-18(27)25(19)33-2)21-22(31-23)16(9-8-15)13-29-26(21)32/h3,5-7,10-11,14,16,30-31H,4,8-9,12-13H2,1-2H3,(H,29,32)/b15-5+. The van der Waals surface area contributed by atoms with Gasteiger partial charge in [-0.05, 0) is 44.4 Å². The minimum Gasteiger partial charge on any atom is -0.492 e. The Kier molecular flexibility index (Phi) is 5.96. The van der Waals surface area contributed by atoms with Crippen molar-refractivity contribution in [1.82, 2.24) is 15.3 Å². The number of fused-ring (bicyclic) bond motifs is 3. The molecule has 3 N–H and O–H groups in total. The first-order valence-corrected chi connectivity index (χ1v) is 11.4. The van der Waals surface area contributed by atoms with Crippen molar-refractivity contribution in [2.45, 2.75) is 32.1 Å². The molecule has 0 saturated heterocycles. The number of hydrogen-bond acceptors (Lipinski definition) is 5. The number of anilines is 2. The van der Waals surface area contributed by atoms with Crippen molar-refractivity contribution in [3.05, 3.63) is 65.4 Å². The van der Waals surface area contributed by atoms with Gasteiger partial charge in [0.05, 0.1) is 42.5 Å². The molecule has 0 radical (unpaired) electrons. The smallest absolute Gasteiger partial charge is 0.255 e. The lowest BCUT2D eigenvalue weighted by Gasteiger charge is -2.24. The van der Waals surface area contributed by atoms with Gasteiger partial charge in [-0.1, -0.05) is 17.7 Å². The number of carbonyl (C=O) groups excluding carboxylic acids is 1. The number of nitrogens with one attached hydrogen (secondary N) is 3. The minimum absolute atomic E-state index is 0.0811. The van der Waals surface area contributed by atoms with E-state index in [4.69, 9.17) is 9.47 Å². The maximum absolute atomic E-state index is 14.4. The molecular weight excluding hydrogens is 435 g/mol. The molecular formula is C26H27FN4O3. The zero-order valence-corrected chi connectivity index (χ0v) is 19.2. The summed E-state index contributed by atoms with van der Waals surface area (Å²) in [5.74, 6) is 0.141. The Morgan fingerprint density at radius 1 is 1.29 bits per heavy atom. The van der Waals surface area contributed by atoms with Gasteiger partial charge in [-0.2, -0.15) is 0 Å². The molecule has 0 spiro atoms. The number of methoxy groups -OCH3 is 1. The minimum atomic E-state index is -0.488. The van der Waals surface area contributed by atoms with Crippen LogP contribution in [-0.4, -0.2) is 36.1 Å². The molecule has 1 amide bonds. The quantitative estimate of drug-likeness (QED) is 0.460. The van der Waals surface area contributed by atoms with Crippen LogP contribution in [0.25, 0.3) is 11.3 Å². The highest BCUT2D eigenvalue weighted by Crippen LogP contribution is 2.44. The fraction of sp³-hybridized carbons (Fsp3) is 0.308. The molecule has 1 aromatic carbocycles. The molecule has 1 unspecified atom stereocenters. The van der Waals surface area contributed by atoms with Crippen LogP contribution in [-0.2, 0) is 0 Å². The zero-order valence-electron chi connectivity index (χ0n) is 19.2. The summed E-state index contributed by atoms with van der Waals surface area (Å²) in [7, 11) is 1.42. The van der Waals surface area contributed by atoms with E-state index in [2.05, 4.69) is 33.6 Å². The van der Waals surface area contributed by atoms with Gasteiger partial charge in [-0.15, -0.1) is 0 Å². The second-order valence-electron chi connectivity index (χ2n) is 8.61. The number of halogens is 1. The lowest BCUT2D eigenvalue weighted by atomic mass is 9.90. The van der Waals surface area contributed by atoms with E-state index in [1.54, 1.807) is 24.5 Å². The highest BCUT2D eigenvalue weighted by molar-refractivity contribution is 6.07. The van der Waals surface area contributed by atoms with Crippen LogP contribution in [0.5, 0.6) is 11.5 Å². The molecule has 0 aliphatic carbocycles. The number of carbonyl (C=O) groups is 1. The lowest BCUT2D eigenvalue weighted by Crippen LogP contribution is -2.35.